The summed E-state index contributed by atoms with van der Waals surface area (Å²) >= 11 is 0. The summed E-state index contributed by atoms with van der Waals surface area (Å²) in [6.45, 7) is 8.11. The number of carbonyl (C=O) groups excluding carboxylic acids is 1. The van der Waals surface area contributed by atoms with E-state index in [2.05, 4.69) is 29.0 Å². The van der Waals surface area contributed by atoms with Crippen LogP contribution in [0.4, 0.5) is 0 Å². The molecule has 0 radical (unpaired) electrons. The maximum atomic E-state index is 12.2. The molecule has 0 bridgehead atoms. The summed E-state index contributed by atoms with van der Waals surface area (Å²) in [5.74, 6) is 0.242. The Bertz CT molecular complexity index is 444. The van der Waals surface area contributed by atoms with E-state index in [9.17, 15) is 4.79 Å². The van der Waals surface area contributed by atoms with Crippen molar-refractivity contribution in [2.75, 3.05) is 33.8 Å². The minimum Gasteiger partial charge on any atom is -0.477 e. The average Bonchev–Trinajstić information content (AvgIpc) is 2.36. The molecule has 0 aromatic carbocycles. The van der Waals surface area contributed by atoms with E-state index >= 15 is 0 Å². The summed E-state index contributed by atoms with van der Waals surface area (Å²) in [6, 6.07) is 3.47. The number of rotatable bonds is 7. The first-order valence-corrected chi connectivity index (χ1v) is 6.86. The maximum absolute atomic E-state index is 12.2. The number of amides is 1. The smallest absolute Gasteiger partial charge is 0.256 e. The first kappa shape index (κ1) is 16.4. The Morgan fingerprint density at radius 2 is 2.15 bits per heavy atom. The zero-order valence-electron chi connectivity index (χ0n) is 13.1. The van der Waals surface area contributed by atoms with E-state index in [1.807, 2.05) is 21.0 Å². The van der Waals surface area contributed by atoms with Crippen molar-refractivity contribution in [1.29, 1.82) is 0 Å². The van der Waals surface area contributed by atoms with Gasteiger partial charge in [0.15, 0.2) is 0 Å². The molecule has 1 aromatic heterocycles. The molecule has 112 valence electrons. The van der Waals surface area contributed by atoms with Crippen LogP contribution in [0.25, 0.3) is 0 Å². The van der Waals surface area contributed by atoms with Gasteiger partial charge in [-0.25, -0.2) is 4.98 Å². The molecule has 0 aliphatic heterocycles. The molecular weight excluding hydrogens is 254 g/mol. The number of carbonyl (C=O) groups is 1. The summed E-state index contributed by atoms with van der Waals surface area (Å²) < 4.78 is 5.37. The van der Waals surface area contributed by atoms with Crippen molar-refractivity contribution in [3.8, 4) is 5.88 Å². The molecule has 20 heavy (non-hydrogen) atoms. The van der Waals surface area contributed by atoms with Crippen LogP contribution in [0.5, 0.6) is 5.88 Å². The Balaban J connectivity index is 2.68. The lowest BCUT2D eigenvalue weighted by atomic mass is 9.93. The van der Waals surface area contributed by atoms with Gasteiger partial charge in [-0.3, -0.25) is 4.79 Å². The van der Waals surface area contributed by atoms with E-state index in [0.29, 0.717) is 24.6 Å². The van der Waals surface area contributed by atoms with Crippen molar-refractivity contribution in [2.45, 2.75) is 20.8 Å². The molecule has 1 N–H and O–H groups in total. The van der Waals surface area contributed by atoms with Gasteiger partial charge in [0.2, 0.25) is 5.88 Å². The maximum Gasteiger partial charge on any atom is 0.256 e. The zero-order valence-corrected chi connectivity index (χ0v) is 13.1. The number of hydrogen-bond donors (Lipinski definition) is 1. The number of aromatic nitrogens is 1. The molecule has 0 aliphatic rings. The van der Waals surface area contributed by atoms with Gasteiger partial charge in [0.05, 0.1) is 6.61 Å². The van der Waals surface area contributed by atoms with Crippen molar-refractivity contribution >= 4 is 5.91 Å². The standard InChI is InChI=1S/C15H25N3O2/c1-6-20-14-12(8-7-9-16-14)13(19)17-10-15(2,3)11-18(4)5/h7-9H,6,10-11H2,1-5H3,(H,17,19). The molecule has 0 atom stereocenters. The third-order valence-electron chi connectivity index (χ3n) is 2.77. The van der Waals surface area contributed by atoms with Gasteiger partial charge in [0.1, 0.15) is 5.56 Å². The lowest BCUT2D eigenvalue weighted by Crippen LogP contribution is -2.40. The van der Waals surface area contributed by atoms with Gasteiger partial charge in [-0.15, -0.1) is 0 Å². The number of nitrogens with one attached hydrogen (secondary N) is 1. The molecule has 0 fully saturated rings. The first-order valence-electron chi connectivity index (χ1n) is 6.86. The lowest BCUT2D eigenvalue weighted by molar-refractivity contribution is 0.0924. The minimum atomic E-state index is -0.145. The predicted octanol–water partition coefficient (Wildman–Crippen LogP) is 1.80. The molecule has 0 saturated heterocycles. The van der Waals surface area contributed by atoms with E-state index in [1.54, 1.807) is 18.3 Å². The molecule has 5 heteroatoms. The molecule has 0 aliphatic carbocycles. The number of pyridine rings is 1. The van der Waals surface area contributed by atoms with Crippen LogP contribution in [-0.4, -0.2) is 49.6 Å². The van der Waals surface area contributed by atoms with Crippen molar-refractivity contribution in [3.05, 3.63) is 23.9 Å². The Morgan fingerprint density at radius 3 is 2.75 bits per heavy atom. The highest BCUT2D eigenvalue weighted by Crippen LogP contribution is 2.17. The van der Waals surface area contributed by atoms with Gasteiger partial charge >= 0.3 is 0 Å². The Morgan fingerprint density at radius 1 is 1.45 bits per heavy atom. The number of ether oxygens (including phenoxy) is 1. The molecule has 1 rings (SSSR count). The van der Waals surface area contributed by atoms with E-state index in [4.69, 9.17) is 4.74 Å². The molecule has 1 aromatic rings. The van der Waals surface area contributed by atoms with Gasteiger partial charge in [0.25, 0.3) is 5.91 Å². The topological polar surface area (TPSA) is 54.5 Å². The van der Waals surface area contributed by atoms with Crippen LogP contribution in [0, 0.1) is 5.41 Å². The highest BCUT2D eigenvalue weighted by Gasteiger charge is 2.21. The fourth-order valence-corrected chi connectivity index (χ4v) is 2.14. The molecule has 0 unspecified atom stereocenters. The zero-order chi connectivity index (χ0) is 15.2. The van der Waals surface area contributed by atoms with Crippen LogP contribution in [0.2, 0.25) is 0 Å². The van der Waals surface area contributed by atoms with Gasteiger partial charge in [0, 0.05) is 19.3 Å². The normalized spacial score (nSPS) is 11.5. The molecule has 0 spiro atoms. The van der Waals surface area contributed by atoms with Crippen LogP contribution in [0.1, 0.15) is 31.1 Å². The fourth-order valence-electron chi connectivity index (χ4n) is 2.14. The van der Waals surface area contributed by atoms with Crippen molar-refractivity contribution in [2.24, 2.45) is 5.41 Å². The van der Waals surface area contributed by atoms with Crippen molar-refractivity contribution < 1.29 is 9.53 Å². The Kier molecular flexibility index (Phi) is 5.95. The van der Waals surface area contributed by atoms with Crippen molar-refractivity contribution in [3.63, 3.8) is 0 Å². The predicted molar refractivity (Wildman–Crippen MR) is 80.1 cm³/mol. The molecule has 1 heterocycles. The summed E-state index contributed by atoms with van der Waals surface area (Å²) in [6.07, 6.45) is 1.62. The first-order chi connectivity index (χ1) is 9.35. The summed E-state index contributed by atoms with van der Waals surface area (Å²) in [4.78, 5) is 18.4. The molecular formula is C15H25N3O2. The van der Waals surface area contributed by atoms with Crippen LogP contribution < -0.4 is 10.1 Å². The Hall–Kier alpha value is -1.62. The van der Waals surface area contributed by atoms with E-state index in [-0.39, 0.29) is 11.3 Å². The SMILES string of the molecule is CCOc1ncccc1C(=O)NCC(C)(C)CN(C)C. The molecule has 5 nitrogen and oxygen atoms in total. The fraction of sp³-hybridized carbons (Fsp3) is 0.600. The molecule has 1 amide bonds. The molecule has 0 saturated carbocycles. The second-order valence-corrected chi connectivity index (χ2v) is 5.87. The van der Waals surface area contributed by atoms with Gasteiger partial charge in [-0.2, -0.15) is 0 Å². The van der Waals surface area contributed by atoms with Crippen molar-refractivity contribution in [1.82, 2.24) is 15.2 Å². The second kappa shape index (κ2) is 7.24. The second-order valence-electron chi connectivity index (χ2n) is 5.87. The van der Waals surface area contributed by atoms with Crippen LogP contribution in [0.15, 0.2) is 18.3 Å². The summed E-state index contributed by atoms with van der Waals surface area (Å²) in [5.41, 5.74) is 0.489. The third-order valence-corrected chi connectivity index (χ3v) is 2.77. The number of nitrogens with zero attached hydrogens (tertiary/aromatic N) is 2. The largest absolute Gasteiger partial charge is 0.477 e. The van der Waals surface area contributed by atoms with Gasteiger partial charge < -0.3 is 15.0 Å². The Labute approximate surface area is 121 Å². The van der Waals surface area contributed by atoms with Crippen LogP contribution in [0.3, 0.4) is 0 Å². The van der Waals surface area contributed by atoms with Crippen LogP contribution >= 0.6 is 0 Å². The highest BCUT2D eigenvalue weighted by molar-refractivity contribution is 5.96. The third kappa shape index (κ3) is 5.17. The van der Waals surface area contributed by atoms with E-state index in [0.717, 1.165) is 6.54 Å². The number of hydrogen-bond acceptors (Lipinski definition) is 4. The quantitative estimate of drug-likeness (QED) is 0.827. The van der Waals surface area contributed by atoms with Gasteiger partial charge in [-0.05, 0) is 38.6 Å². The summed E-state index contributed by atoms with van der Waals surface area (Å²) in [5, 5.41) is 2.96. The van der Waals surface area contributed by atoms with E-state index < -0.39 is 0 Å². The van der Waals surface area contributed by atoms with E-state index in [1.165, 1.54) is 0 Å². The van der Waals surface area contributed by atoms with Gasteiger partial charge in [-0.1, -0.05) is 13.8 Å². The monoisotopic (exact) mass is 279 g/mol. The minimum absolute atomic E-state index is 0.00709. The lowest BCUT2D eigenvalue weighted by Gasteiger charge is -2.28. The van der Waals surface area contributed by atoms with Crippen LogP contribution in [-0.2, 0) is 0 Å². The average molecular weight is 279 g/mol. The summed E-state index contributed by atoms with van der Waals surface area (Å²) in [7, 11) is 4.05. The highest BCUT2D eigenvalue weighted by atomic mass is 16.5.